The SMILES string of the molecule is COc1ccc(CNc2nc(Nc3ccc4c(c3)OCO4)nc3ccccc23)cc1. The summed E-state index contributed by atoms with van der Waals surface area (Å²) < 4.78 is 16.0. The highest BCUT2D eigenvalue weighted by Gasteiger charge is 2.14. The second-order valence-electron chi connectivity index (χ2n) is 6.81. The molecule has 1 aliphatic rings. The van der Waals surface area contributed by atoms with Crippen molar-refractivity contribution in [2.45, 2.75) is 6.54 Å². The molecule has 1 aromatic heterocycles. The van der Waals surface area contributed by atoms with Crippen LogP contribution < -0.4 is 24.8 Å². The minimum absolute atomic E-state index is 0.241. The Morgan fingerprint density at radius 1 is 0.933 bits per heavy atom. The van der Waals surface area contributed by atoms with Crippen LogP contribution in [0.1, 0.15) is 5.56 Å². The van der Waals surface area contributed by atoms with Crippen molar-refractivity contribution in [3.05, 3.63) is 72.3 Å². The number of methoxy groups -OCH3 is 1. The van der Waals surface area contributed by atoms with Crippen molar-refractivity contribution in [2.75, 3.05) is 24.5 Å². The average Bonchev–Trinajstić information content (AvgIpc) is 3.26. The molecule has 0 radical (unpaired) electrons. The Morgan fingerprint density at radius 2 is 1.77 bits per heavy atom. The predicted molar refractivity (Wildman–Crippen MR) is 116 cm³/mol. The van der Waals surface area contributed by atoms with E-state index in [9.17, 15) is 0 Å². The van der Waals surface area contributed by atoms with Crippen LogP contribution in [0, 0.1) is 0 Å². The monoisotopic (exact) mass is 400 g/mol. The third kappa shape index (κ3) is 3.65. The van der Waals surface area contributed by atoms with Crippen molar-refractivity contribution in [3.63, 3.8) is 0 Å². The zero-order valence-electron chi connectivity index (χ0n) is 16.4. The van der Waals surface area contributed by atoms with E-state index in [-0.39, 0.29) is 6.79 Å². The number of aromatic nitrogens is 2. The Hall–Kier alpha value is -4.00. The summed E-state index contributed by atoms with van der Waals surface area (Å²) >= 11 is 0. The molecule has 7 heteroatoms. The molecular weight excluding hydrogens is 380 g/mol. The molecule has 5 rings (SSSR count). The maximum Gasteiger partial charge on any atom is 0.231 e. The summed E-state index contributed by atoms with van der Waals surface area (Å²) in [4.78, 5) is 9.36. The van der Waals surface area contributed by atoms with E-state index in [1.165, 1.54) is 0 Å². The van der Waals surface area contributed by atoms with Gasteiger partial charge in [-0.1, -0.05) is 24.3 Å². The van der Waals surface area contributed by atoms with Crippen molar-refractivity contribution < 1.29 is 14.2 Å². The number of para-hydroxylation sites is 1. The Balaban J connectivity index is 1.42. The van der Waals surface area contributed by atoms with Crippen molar-refractivity contribution in [3.8, 4) is 17.2 Å². The minimum Gasteiger partial charge on any atom is -0.497 e. The number of ether oxygens (including phenoxy) is 3. The van der Waals surface area contributed by atoms with Crippen LogP contribution in [0.2, 0.25) is 0 Å². The fourth-order valence-electron chi connectivity index (χ4n) is 3.30. The number of hydrogen-bond acceptors (Lipinski definition) is 7. The second-order valence-corrected chi connectivity index (χ2v) is 6.81. The zero-order chi connectivity index (χ0) is 20.3. The van der Waals surface area contributed by atoms with Crippen LogP contribution in [0.25, 0.3) is 10.9 Å². The number of hydrogen-bond donors (Lipinski definition) is 2. The van der Waals surface area contributed by atoms with Gasteiger partial charge in [-0.3, -0.25) is 0 Å². The molecule has 7 nitrogen and oxygen atoms in total. The van der Waals surface area contributed by atoms with Crippen LogP contribution >= 0.6 is 0 Å². The molecule has 0 bridgehead atoms. The standard InChI is InChI=1S/C23H20N4O3/c1-28-17-9-6-15(7-10-17)13-24-22-18-4-2-3-5-19(18)26-23(27-22)25-16-8-11-20-21(12-16)30-14-29-20/h2-12H,13-14H2,1H3,(H2,24,25,26,27). The summed E-state index contributed by atoms with van der Waals surface area (Å²) in [6, 6.07) is 21.5. The van der Waals surface area contributed by atoms with Gasteiger partial charge in [-0.25, -0.2) is 4.98 Å². The maximum atomic E-state index is 5.45. The van der Waals surface area contributed by atoms with Gasteiger partial charge >= 0.3 is 0 Å². The molecule has 2 N–H and O–H groups in total. The summed E-state index contributed by atoms with van der Waals surface area (Å²) in [6.45, 7) is 0.874. The summed E-state index contributed by atoms with van der Waals surface area (Å²) in [6.07, 6.45) is 0. The molecule has 4 aromatic rings. The summed E-state index contributed by atoms with van der Waals surface area (Å²) in [5.74, 6) is 3.55. The Labute approximate surface area is 173 Å². The molecule has 0 saturated carbocycles. The zero-order valence-corrected chi connectivity index (χ0v) is 16.4. The quantitative estimate of drug-likeness (QED) is 0.485. The molecule has 1 aliphatic heterocycles. The van der Waals surface area contributed by atoms with Crippen LogP contribution in [0.3, 0.4) is 0 Å². The number of rotatable bonds is 6. The highest BCUT2D eigenvalue weighted by atomic mass is 16.7. The van der Waals surface area contributed by atoms with E-state index in [1.54, 1.807) is 7.11 Å². The van der Waals surface area contributed by atoms with E-state index in [2.05, 4.69) is 15.6 Å². The van der Waals surface area contributed by atoms with Gasteiger partial charge < -0.3 is 24.8 Å². The first-order valence-corrected chi connectivity index (χ1v) is 9.59. The summed E-state index contributed by atoms with van der Waals surface area (Å²) in [7, 11) is 1.66. The Morgan fingerprint density at radius 3 is 2.63 bits per heavy atom. The van der Waals surface area contributed by atoms with E-state index in [0.29, 0.717) is 18.2 Å². The van der Waals surface area contributed by atoms with Gasteiger partial charge in [0.2, 0.25) is 12.7 Å². The van der Waals surface area contributed by atoms with E-state index in [4.69, 9.17) is 19.2 Å². The van der Waals surface area contributed by atoms with Crippen molar-refractivity contribution in [1.82, 2.24) is 9.97 Å². The fraction of sp³-hybridized carbons (Fsp3) is 0.130. The number of nitrogens with one attached hydrogen (secondary N) is 2. The van der Waals surface area contributed by atoms with E-state index >= 15 is 0 Å². The Kier molecular flexibility index (Phi) is 4.69. The molecule has 0 amide bonds. The molecule has 150 valence electrons. The number of anilines is 3. The highest BCUT2D eigenvalue weighted by Crippen LogP contribution is 2.35. The van der Waals surface area contributed by atoms with Crippen LogP contribution in [0.15, 0.2) is 66.7 Å². The number of benzene rings is 3. The van der Waals surface area contributed by atoms with Gasteiger partial charge in [-0.15, -0.1) is 0 Å². The van der Waals surface area contributed by atoms with E-state index in [1.807, 2.05) is 66.7 Å². The smallest absolute Gasteiger partial charge is 0.231 e. The maximum absolute atomic E-state index is 5.45. The first kappa shape index (κ1) is 18.1. The topological polar surface area (TPSA) is 77.5 Å². The van der Waals surface area contributed by atoms with Crippen LogP contribution in [0.4, 0.5) is 17.5 Å². The molecule has 2 heterocycles. The van der Waals surface area contributed by atoms with Crippen LogP contribution in [-0.4, -0.2) is 23.9 Å². The molecule has 0 saturated heterocycles. The molecule has 0 unspecified atom stereocenters. The number of fused-ring (bicyclic) bond motifs is 2. The van der Waals surface area contributed by atoms with Gasteiger partial charge in [-0.05, 0) is 42.0 Å². The minimum atomic E-state index is 0.241. The normalized spacial score (nSPS) is 12.0. The lowest BCUT2D eigenvalue weighted by molar-refractivity contribution is 0.174. The fourth-order valence-corrected chi connectivity index (χ4v) is 3.30. The third-order valence-electron chi connectivity index (χ3n) is 4.85. The Bertz CT molecular complexity index is 1190. The third-order valence-corrected chi connectivity index (χ3v) is 4.85. The molecular formula is C23H20N4O3. The molecule has 3 aromatic carbocycles. The van der Waals surface area contributed by atoms with E-state index < -0.39 is 0 Å². The largest absolute Gasteiger partial charge is 0.497 e. The lowest BCUT2D eigenvalue weighted by Gasteiger charge is -2.12. The summed E-state index contributed by atoms with van der Waals surface area (Å²) in [5, 5.41) is 7.66. The van der Waals surface area contributed by atoms with Crippen LogP contribution in [0.5, 0.6) is 17.2 Å². The van der Waals surface area contributed by atoms with Gasteiger partial charge in [0.25, 0.3) is 0 Å². The van der Waals surface area contributed by atoms with E-state index in [0.717, 1.165) is 39.5 Å². The molecule has 0 atom stereocenters. The van der Waals surface area contributed by atoms with Gasteiger partial charge in [-0.2, -0.15) is 4.98 Å². The predicted octanol–water partition coefficient (Wildman–Crippen LogP) is 4.72. The van der Waals surface area contributed by atoms with Gasteiger partial charge in [0.05, 0.1) is 12.6 Å². The van der Waals surface area contributed by atoms with Gasteiger partial charge in [0.1, 0.15) is 11.6 Å². The lowest BCUT2D eigenvalue weighted by Crippen LogP contribution is -2.05. The van der Waals surface area contributed by atoms with Crippen molar-refractivity contribution in [2.24, 2.45) is 0 Å². The van der Waals surface area contributed by atoms with Crippen molar-refractivity contribution >= 4 is 28.4 Å². The second kappa shape index (κ2) is 7.79. The van der Waals surface area contributed by atoms with Gasteiger partial charge in [0.15, 0.2) is 11.5 Å². The lowest BCUT2D eigenvalue weighted by atomic mass is 10.2. The molecule has 30 heavy (non-hydrogen) atoms. The average molecular weight is 400 g/mol. The van der Waals surface area contributed by atoms with Crippen LogP contribution in [-0.2, 0) is 6.54 Å². The first-order chi connectivity index (χ1) is 14.8. The summed E-state index contributed by atoms with van der Waals surface area (Å²) in [5.41, 5.74) is 2.81. The molecule has 0 spiro atoms. The molecule has 0 fully saturated rings. The first-order valence-electron chi connectivity index (χ1n) is 9.59. The highest BCUT2D eigenvalue weighted by molar-refractivity contribution is 5.90. The van der Waals surface area contributed by atoms with Gasteiger partial charge in [0, 0.05) is 23.7 Å². The van der Waals surface area contributed by atoms with Crippen molar-refractivity contribution in [1.29, 1.82) is 0 Å². The molecule has 0 aliphatic carbocycles. The number of nitrogens with zero attached hydrogens (tertiary/aromatic N) is 2.